The Kier molecular flexibility index (Phi) is 16.5. The van der Waals surface area contributed by atoms with E-state index in [2.05, 4.69) is 41.8 Å². The van der Waals surface area contributed by atoms with Crippen molar-refractivity contribution in [1.29, 1.82) is 0 Å². The van der Waals surface area contributed by atoms with Crippen molar-refractivity contribution in [1.82, 2.24) is 10.6 Å². The first kappa shape index (κ1) is 28.2. The minimum Gasteiger partial charge on any atom is -0.355 e. The van der Waals surface area contributed by atoms with Crippen molar-refractivity contribution < 1.29 is 4.79 Å². The summed E-state index contributed by atoms with van der Waals surface area (Å²) in [5, 5.41) is 6.99. The topological polar surface area (TPSA) is 41.1 Å². The Morgan fingerprint density at radius 1 is 0.818 bits per heavy atom. The standard InChI is InChI=1S/C29H50N2OS/c1-2-3-4-5-6-7-8-9-10-11-12-13-14-15-16-20-23-30-29(32)27-25-33-28(31-27)24-26-21-18-17-19-22-26/h17-19,21-22,27-28,31H,2-16,20,23-25H2,1H3,(H,30,32)/t27-,28?/m0/s1. The van der Waals surface area contributed by atoms with Gasteiger partial charge in [-0.3, -0.25) is 10.1 Å². The predicted octanol–water partition coefficient (Wildman–Crippen LogP) is 7.64. The summed E-state index contributed by atoms with van der Waals surface area (Å²) in [4.78, 5) is 12.4. The van der Waals surface area contributed by atoms with Crippen molar-refractivity contribution in [2.75, 3.05) is 12.3 Å². The van der Waals surface area contributed by atoms with Gasteiger partial charge in [-0.25, -0.2) is 0 Å². The second-order valence-electron chi connectivity index (χ2n) is 9.83. The van der Waals surface area contributed by atoms with Gasteiger partial charge in [0.25, 0.3) is 0 Å². The second-order valence-corrected chi connectivity index (χ2v) is 11.1. The first-order valence-electron chi connectivity index (χ1n) is 14.0. The van der Waals surface area contributed by atoms with Gasteiger partial charge in [0.2, 0.25) is 5.91 Å². The maximum absolute atomic E-state index is 12.4. The van der Waals surface area contributed by atoms with Crippen molar-refractivity contribution in [2.24, 2.45) is 0 Å². The zero-order chi connectivity index (χ0) is 23.4. The van der Waals surface area contributed by atoms with Gasteiger partial charge in [0.15, 0.2) is 0 Å². The number of unbranched alkanes of at least 4 members (excludes halogenated alkanes) is 15. The first-order chi connectivity index (χ1) is 16.3. The molecule has 0 aliphatic carbocycles. The average molecular weight is 475 g/mol. The molecule has 0 bridgehead atoms. The Balaban J connectivity index is 1.32. The summed E-state index contributed by atoms with van der Waals surface area (Å²) in [5.41, 5.74) is 1.33. The minimum atomic E-state index is -0.0372. The molecule has 1 amide bonds. The van der Waals surface area contributed by atoms with E-state index >= 15 is 0 Å². The molecule has 2 atom stereocenters. The van der Waals surface area contributed by atoms with Gasteiger partial charge in [-0.15, -0.1) is 11.8 Å². The van der Waals surface area contributed by atoms with Gasteiger partial charge in [0.05, 0.1) is 11.4 Å². The number of carbonyl (C=O) groups is 1. The van der Waals surface area contributed by atoms with E-state index in [0.29, 0.717) is 5.37 Å². The quantitative estimate of drug-likeness (QED) is 0.191. The van der Waals surface area contributed by atoms with E-state index < -0.39 is 0 Å². The highest BCUT2D eigenvalue weighted by Crippen LogP contribution is 2.22. The molecule has 0 spiro atoms. The van der Waals surface area contributed by atoms with Crippen LogP contribution in [0.2, 0.25) is 0 Å². The van der Waals surface area contributed by atoms with Crippen molar-refractivity contribution in [2.45, 2.75) is 127 Å². The van der Waals surface area contributed by atoms with E-state index in [-0.39, 0.29) is 11.9 Å². The lowest BCUT2D eigenvalue weighted by atomic mass is 10.0. The molecule has 1 saturated heterocycles. The summed E-state index contributed by atoms with van der Waals surface area (Å²) in [6.07, 6.45) is 23.1. The van der Waals surface area contributed by atoms with E-state index in [1.165, 1.54) is 102 Å². The van der Waals surface area contributed by atoms with Crippen LogP contribution >= 0.6 is 11.8 Å². The average Bonchev–Trinajstić information content (AvgIpc) is 3.30. The molecule has 1 aromatic rings. The largest absolute Gasteiger partial charge is 0.355 e. The van der Waals surface area contributed by atoms with Crippen LogP contribution in [0.5, 0.6) is 0 Å². The molecule has 1 heterocycles. The molecule has 1 fully saturated rings. The maximum Gasteiger partial charge on any atom is 0.238 e. The molecular weight excluding hydrogens is 424 g/mol. The summed E-state index contributed by atoms with van der Waals surface area (Å²) in [6, 6.07) is 10.5. The van der Waals surface area contributed by atoms with Gasteiger partial charge < -0.3 is 5.32 Å². The number of thioether (sulfide) groups is 1. The minimum absolute atomic E-state index is 0.0372. The van der Waals surface area contributed by atoms with Crippen LogP contribution in [0, 0.1) is 0 Å². The van der Waals surface area contributed by atoms with Crippen molar-refractivity contribution in [3.8, 4) is 0 Å². The van der Waals surface area contributed by atoms with Crippen LogP contribution in [-0.4, -0.2) is 29.6 Å². The Bertz CT molecular complexity index is 595. The molecule has 33 heavy (non-hydrogen) atoms. The molecule has 0 radical (unpaired) electrons. The smallest absolute Gasteiger partial charge is 0.238 e. The Labute approximate surface area is 208 Å². The van der Waals surface area contributed by atoms with Crippen molar-refractivity contribution >= 4 is 17.7 Å². The number of rotatable bonds is 20. The second kappa shape index (κ2) is 19.3. The monoisotopic (exact) mass is 474 g/mol. The number of hydrogen-bond acceptors (Lipinski definition) is 3. The number of benzene rings is 1. The number of nitrogens with one attached hydrogen (secondary N) is 2. The Morgan fingerprint density at radius 3 is 1.88 bits per heavy atom. The lowest BCUT2D eigenvalue weighted by molar-refractivity contribution is -0.122. The SMILES string of the molecule is CCCCCCCCCCCCCCCCCCNC(=O)[C@@H]1CSC(Cc2ccccc2)N1. The zero-order valence-corrected chi connectivity index (χ0v) is 22.1. The van der Waals surface area contributed by atoms with Crippen LogP contribution in [0.1, 0.15) is 115 Å². The first-order valence-corrected chi connectivity index (χ1v) is 15.0. The van der Waals surface area contributed by atoms with Crippen LogP contribution in [0.3, 0.4) is 0 Å². The zero-order valence-electron chi connectivity index (χ0n) is 21.3. The van der Waals surface area contributed by atoms with Crippen LogP contribution < -0.4 is 10.6 Å². The van der Waals surface area contributed by atoms with E-state index in [9.17, 15) is 4.79 Å². The summed E-state index contributed by atoms with van der Waals surface area (Å²) in [5.74, 6) is 1.06. The number of carbonyl (C=O) groups excluding carboxylic acids is 1. The summed E-state index contributed by atoms with van der Waals surface area (Å²) >= 11 is 1.87. The van der Waals surface area contributed by atoms with Crippen LogP contribution in [-0.2, 0) is 11.2 Å². The fourth-order valence-electron chi connectivity index (χ4n) is 4.64. The summed E-state index contributed by atoms with van der Waals surface area (Å²) < 4.78 is 0. The van der Waals surface area contributed by atoms with Gasteiger partial charge in [-0.1, -0.05) is 134 Å². The highest BCUT2D eigenvalue weighted by atomic mass is 32.2. The molecule has 188 valence electrons. The molecule has 1 unspecified atom stereocenters. The summed E-state index contributed by atoms with van der Waals surface area (Å²) in [7, 11) is 0. The molecule has 0 aromatic heterocycles. The van der Waals surface area contributed by atoms with Crippen LogP contribution in [0.4, 0.5) is 0 Å². The van der Waals surface area contributed by atoms with Crippen LogP contribution in [0.25, 0.3) is 0 Å². The van der Waals surface area contributed by atoms with E-state index in [0.717, 1.165) is 25.1 Å². The van der Waals surface area contributed by atoms with E-state index in [4.69, 9.17) is 0 Å². The highest BCUT2D eigenvalue weighted by Gasteiger charge is 2.29. The maximum atomic E-state index is 12.4. The molecule has 2 rings (SSSR count). The number of amides is 1. The van der Waals surface area contributed by atoms with Gasteiger partial charge >= 0.3 is 0 Å². The van der Waals surface area contributed by atoms with Crippen LogP contribution in [0.15, 0.2) is 30.3 Å². The highest BCUT2D eigenvalue weighted by molar-refractivity contribution is 8.00. The third kappa shape index (κ3) is 14.1. The van der Waals surface area contributed by atoms with Crippen molar-refractivity contribution in [3.05, 3.63) is 35.9 Å². The molecular formula is C29H50N2OS. The predicted molar refractivity (Wildman–Crippen MR) is 146 cm³/mol. The van der Waals surface area contributed by atoms with Gasteiger partial charge in [-0.2, -0.15) is 0 Å². The lowest BCUT2D eigenvalue weighted by Crippen LogP contribution is -2.44. The molecule has 1 aliphatic heterocycles. The molecule has 1 aromatic carbocycles. The van der Waals surface area contributed by atoms with E-state index in [1.807, 2.05) is 17.8 Å². The molecule has 3 nitrogen and oxygen atoms in total. The normalized spacial score (nSPS) is 18.0. The Morgan fingerprint density at radius 2 is 1.33 bits per heavy atom. The molecule has 1 aliphatic rings. The molecule has 0 saturated carbocycles. The Hall–Kier alpha value is -1.00. The molecule has 4 heteroatoms. The third-order valence-corrected chi connectivity index (χ3v) is 7.99. The molecule has 2 N–H and O–H groups in total. The number of hydrogen-bond donors (Lipinski definition) is 2. The third-order valence-electron chi connectivity index (χ3n) is 6.76. The van der Waals surface area contributed by atoms with Gasteiger partial charge in [0.1, 0.15) is 0 Å². The fraction of sp³-hybridized carbons (Fsp3) is 0.759. The van der Waals surface area contributed by atoms with Gasteiger partial charge in [-0.05, 0) is 18.4 Å². The fourth-order valence-corrected chi connectivity index (χ4v) is 5.88. The lowest BCUT2D eigenvalue weighted by Gasteiger charge is -2.13. The van der Waals surface area contributed by atoms with E-state index in [1.54, 1.807) is 0 Å². The van der Waals surface area contributed by atoms with Gasteiger partial charge in [0, 0.05) is 12.3 Å². The summed E-state index contributed by atoms with van der Waals surface area (Å²) in [6.45, 7) is 3.11. The van der Waals surface area contributed by atoms with Crippen molar-refractivity contribution in [3.63, 3.8) is 0 Å².